The molecule has 0 radical (unpaired) electrons. The van der Waals surface area contributed by atoms with Crippen LogP contribution in [0.1, 0.15) is 45.2 Å². The minimum atomic E-state index is 0. The Labute approximate surface area is 274 Å². The zero-order chi connectivity index (χ0) is 22.4. The molecule has 0 N–H and O–H groups in total. The first-order chi connectivity index (χ1) is 16.2. The Morgan fingerprint density at radius 3 is 2.11 bits per heavy atom. The van der Waals surface area contributed by atoms with Crippen LogP contribution in [0.5, 0.6) is 0 Å². The topological polar surface area (TPSA) is 0 Å². The van der Waals surface area contributed by atoms with Crippen LogP contribution in [0.4, 0.5) is 0 Å². The van der Waals surface area contributed by atoms with Gasteiger partial charge < -0.3 is 34.0 Å². The predicted molar refractivity (Wildman–Crippen MR) is 144 cm³/mol. The van der Waals surface area contributed by atoms with Crippen molar-refractivity contribution in [3.05, 3.63) is 139 Å². The van der Waals surface area contributed by atoms with Crippen LogP contribution in [0, 0.1) is 12.2 Å². The molecule has 7 rings (SSSR count). The number of hydrogen-bond acceptors (Lipinski definition) is 1. The molecule has 36 heavy (non-hydrogen) atoms. The fourth-order valence-electron chi connectivity index (χ4n) is 4.67. The molecule has 0 saturated heterocycles. The van der Waals surface area contributed by atoms with Crippen LogP contribution in [-0.2, 0) is 26.2 Å². The summed E-state index contributed by atoms with van der Waals surface area (Å²) in [6, 6.07) is 29.9. The van der Waals surface area contributed by atoms with Gasteiger partial charge in [0.15, 0.2) is 0 Å². The molecular weight excluding hydrogens is 803 g/mol. The SMILES string of the molecule is Brc1ccc2c3c1C([C-]=C3)c1cccc(c1)S2.Brc1cccc2c1C(c1ccccc1)[C-]=C2.[Br-].[Br-].[Zr+4]. The van der Waals surface area contributed by atoms with Gasteiger partial charge in [-0.1, -0.05) is 120 Å². The summed E-state index contributed by atoms with van der Waals surface area (Å²) < 4.78 is 2.36. The molecule has 0 nitrogen and oxygen atoms in total. The second kappa shape index (κ2) is 13.0. The van der Waals surface area contributed by atoms with Gasteiger partial charge in [-0.2, -0.15) is 11.1 Å². The van der Waals surface area contributed by atoms with Crippen LogP contribution in [0.2, 0.25) is 0 Å². The number of benzene rings is 4. The summed E-state index contributed by atoms with van der Waals surface area (Å²) in [4.78, 5) is 2.65. The van der Waals surface area contributed by atoms with E-state index in [1.165, 1.54) is 52.1 Å². The summed E-state index contributed by atoms with van der Waals surface area (Å²) in [5, 5.41) is 0. The molecule has 0 spiro atoms. The summed E-state index contributed by atoms with van der Waals surface area (Å²) in [6.07, 6.45) is 11.1. The van der Waals surface area contributed by atoms with E-state index in [0.717, 1.165) is 0 Å². The van der Waals surface area contributed by atoms with Crippen molar-refractivity contribution in [3.63, 3.8) is 0 Å². The largest absolute Gasteiger partial charge is 4.00 e. The Balaban J connectivity index is 0.000000185. The van der Waals surface area contributed by atoms with Crippen molar-refractivity contribution in [3.8, 4) is 0 Å². The average Bonchev–Trinajstić information content (AvgIpc) is 3.49. The molecule has 4 aromatic rings. The predicted octanol–water partition coefficient (Wildman–Crippen LogP) is 3.29. The van der Waals surface area contributed by atoms with Crippen molar-refractivity contribution in [2.75, 3.05) is 0 Å². The maximum Gasteiger partial charge on any atom is 4.00 e. The van der Waals surface area contributed by atoms with Crippen LogP contribution in [0.15, 0.2) is 104 Å². The summed E-state index contributed by atoms with van der Waals surface area (Å²) in [6.45, 7) is 0. The fourth-order valence-corrected chi connectivity index (χ4v) is 6.86. The minimum Gasteiger partial charge on any atom is -1.00 e. The van der Waals surface area contributed by atoms with Gasteiger partial charge in [0.1, 0.15) is 0 Å². The zero-order valence-corrected chi connectivity index (χ0v) is 28.4. The van der Waals surface area contributed by atoms with Crippen molar-refractivity contribution in [2.45, 2.75) is 21.6 Å². The molecule has 0 amide bonds. The first kappa shape index (κ1) is 30.1. The summed E-state index contributed by atoms with van der Waals surface area (Å²) in [7, 11) is 0. The van der Waals surface area contributed by atoms with Gasteiger partial charge in [-0.25, -0.2) is 12.2 Å². The van der Waals surface area contributed by atoms with Gasteiger partial charge in [0.2, 0.25) is 0 Å². The third-order valence-electron chi connectivity index (χ3n) is 6.21. The van der Waals surface area contributed by atoms with Crippen LogP contribution < -0.4 is 34.0 Å². The second-order valence-corrected chi connectivity index (χ2v) is 11.0. The van der Waals surface area contributed by atoms with Gasteiger partial charge in [-0.15, -0.1) is 29.0 Å². The van der Waals surface area contributed by atoms with E-state index in [0.29, 0.717) is 5.92 Å². The molecule has 1 heterocycles. The summed E-state index contributed by atoms with van der Waals surface area (Å²) in [5.41, 5.74) is 7.93. The molecule has 3 aliphatic rings. The van der Waals surface area contributed by atoms with Crippen molar-refractivity contribution < 1.29 is 60.2 Å². The Morgan fingerprint density at radius 2 is 1.31 bits per heavy atom. The minimum absolute atomic E-state index is 0. The monoisotopic (exact) mass is 816 g/mol. The van der Waals surface area contributed by atoms with Gasteiger partial charge in [0, 0.05) is 13.8 Å². The molecule has 2 atom stereocenters. The smallest absolute Gasteiger partial charge is 1.00 e. The molecule has 6 bridgehead atoms. The van der Waals surface area contributed by atoms with Gasteiger partial charge in [0.05, 0.1) is 0 Å². The van der Waals surface area contributed by atoms with Gasteiger partial charge >= 0.3 is 26.2 Å². The van der Waals surface area contributed by atoms with E-state index < -0.39 is 0 Å². The maximum absolute atomic E-state index is 3.67. The van der Waals surface area contributed by atoms with E-state index in [1.807, 2.05) is 17.8 Å². The maximum atomic E-state index is 3.67. The molecule has 176 valence electrons. The molecule has 4 aromatic carbocycles. The molecule has 0 aromatic heterocycles. The second-order valence-electron chi connectivity index (χ2n) is 8.19. The summed E-state index contributed by atoms with van der Waals surface area (Å²) in [5.74, 6) is 0.562. The van der Waals surface area contributed by atoms with Crippen LogP contribution >= 0.6 is 43.6 Å². The Kier molecular flexibility index (Phi) is 10.9. The number of halogens is 4. The third-order valence-corrected chi connectivity index (χ3v) is 8.66. The molecule has 0 saturated carbocycles. The van der Waals surface area contributed by atoms with Crippen LogP contribution in [0.3, 0.4) is 0 Å². The van der Waals surface area contributed by atoms with E-state index in [1.54, 1.807) is 0 Å². The molecule has 2 aliphatic carbocycles. The van der Waals surface area contributed by atoms with E-state index in [4.69, 9.17) is 0 Å². The van der Waals surface area contributed by atoms with E-state index in [9.17, 15) is 0 Å². The number of rotatable bonds is 1. The Morgan fingerprint density at radius 1 is 0.639 bits per heavy atom. The summed E-state index contributed by atoms with van der Waals surface area (Å²) >= 11 is 9.13. The standard InChI is InChI=1S/C15H8BrS.C15H10Br.2BrH.Zr/c16-13-6-7-14-12-5-4-11(15(12)13)9-2-1-3-10(8-9)17-14;16-14-8-4-7-12-9-10-13(15(12)14)11-5-2-1-3-6-11;;;/h1-3,5-8,11H;1-9,13H;2*1H;/q2*-1;;;+4/p-2. The van der Waals surface area contributed by atoms with Crippen molar-refractivity contribution >= 4 is 55.8 Å². The van der Waals surface area contributed by atoms with E-state index in [2.05, 4.69) is 135 Å². The van der Waals surface area contributed by atoms with Gasteiger partial charge in [-0.05, 0) is 18.2 Å². The van der Waals surface area contributed by atoms with Gasteiger partial charge in [0.25, 0.3) is 0 Å². The van der Waals surface area contributed by atoms with E-state index >= 15 is 0 Å². The normalized spacial score (nSPS) is 16.7. The average molecular weight is 821 g/mol. The van der Waals surface area contributed by atoms with Crippen LogP contribution in [0.25, 0.3) is 12.2 Å². The first-order valence-electron chi connectivity index (χ1n) is 10.8. The molecule has 6 heteroatoms. The molecular formula is C30H18Br4SZr. The number of hydrogen-bond donors (Lipinski definition) is 0. The van der Waals surface area contributed by atoms with Crippen molar-refractivity contribution in [2.24, 2.45) is 0 Å². The number of fused-ring (bicyclic) bond motifs is 4. The van der Waals surface area contributed by atoms with E-state index in [-0.39, 0.29) is 66.1 Å². The fraction of sp³-hybridized carbons (Fsp3) is 0.0667. The molecule has 1 aliphatic heterocycles. The Hall–Kier alpha value is -0.487. The van der Waals surface area contributed by atoms with Gasteiger partial charge in [-0.3, -0.25) is 12.2 Å². The van der Waals surface area contributed by atoms with Crippen molar-refractivity contribution in [1.82, 2.24) is 0 Å². The third kappa shape index (κ3) is 5.75. The first-order valence-corrected chi connectivity index (χ1v) is 13.2. The molecule has 0 fully saturated rings. The van der Waals surface area contributed by atoms with Crippen molar-refractivity contribution in [1.29, 1.82) is 0 Å². The number of allylic oxidation sites excluding steroid dienone is 2. The Bertz CT molecular complexity index is 1430. The molecule has 2 unspecified atom stereocenters. The quantitative estimate of drug-likeness (QED) is 0.266. The zero-order valence-electron chi connectivity index (χ0n) is 18.8. The van der Waals surface area contributed by atoms with Crippen LogP contribution in [-0.4, -0.2) is 0 Å².